The highest BCUT2D eigenvalue weighted by atomic mass is 16.5. The zero-order valence-corrected chi connectivity index (χ0v) is 13.4. The zero-order valence-electron chi connectivity index (χ0n) is 13.4. The molecular weight excluding hydrogens is 250 g/mol. The first-order chi connectivity index (χ1) is 9.23. The Morgan fingerprint density at radius 2 is 1.75 bits per heavy atom. The fourth-order valence-electron chi connectivity index (χ4n) is 2.72. The Morgan fingerprint density at radius 1 is 1.15 bits per heavy atom. The molecule has 0 unspecified atom stereocenters. The van der Waals surface area contributed by atoms with Gasteiger partial charge in [0.05, 0.1) is 0 Å². The summed E-state index contributed by atoms with van der Waals surface area (Å²) in [5.41, 5.74) is 9.31. The molecule has 20 heavy (non-hydrogen) atoms. The van der Waals surface area contributed by atoms with Crippen molar-refractivity contribution in [2.24, 2.45) is 11.7 Å². The van der Waals surface area contributed by atoms with Gasteiger partial charge in [-0.1, -0.05) is 37.6 Å². The van der Waals surface area contributed by atoms with Crippen LogP contribution >= 0.6 is 0 Å². The molecule has 0 bridgehead atoms. The van der Waals surface area contributed by atoms with Gasteiger partial charge in [0.2, 0.25) is 0 Å². The second-order valence-corrected chi connectivity index (χ2v) is 6.06. The molecular formula is C17H27NO2. The van der Waals surface area contributed by atoms with Gasteiger partial charge in [0.25, 0.3) is 0 Å². The van der Waals surface area contributed by atoms with Crippen LogP contribution in [0, 0.1) is 19.8 Å². The first kappa shape index (κ1) is 16.7. The number of rotatable bonds is 5. The van der Waals surface area contributed by atoms with E-state index in [0.717, 1.165) is 0 Å². The summed E-state index contributed by atoms with van der Waals surface area (Å²) in [6.45, 7) is 12.1. The first-order valence-corrected chi connectivity index (χ1v) is 7.27. The van der Waals surface area contributed by atoms with E-state index < -0.39 is 6.04 Å². The Labute approximate surface area is 122 Å². The van der Waals surface area contributed by atoms with Crippen LogP contribution in [0.1, 0.15) is 50.3 Å². The van der Waals surface area contributed by atoms with E-state index in [2.05, 4.69) is 45.9 Å². The van der Waals surface area contributed by atoms with Crippen molar-refractivity contribution in [3.05, 3.63) is 34.9 Å². The number of esters is 1. The molecule has 0 saturated carbocycles. The van der Waals surface area contributed by atoms with E-state index in [0.29, 0.717) is 5.92 Å². The van der Waals surface area contributed by atoms with Gasteiger partial charge in [0, 0.05) is 5.92 Å². The lowest BCUT2D eigenvalue weighted by atomic mass is 9.82. The van der Waals surface area contributed by atoms with Crippen molar-refractivity contribution in [3.63, 3.8) is 0 Å². The molecule has 0 aliphatic rings. The highest BCUT2D eigenvalue weighted by Crippen LogP contribution is 2.32. The smallest absolute Gasteiger partial charge is 0.322 e. The lowest BCUT2D eigenvalue weighted by Gasteiger charge is -2.29. The number of ether oxygens (including phenoxy) is 1. The minimum atomic E-state index is -0.579. The molecule has 0 aliphatic heterocycles. The number of aryl methyl sites for hydroxylation is 2. The molecule has 3 atom stereocenters. The summed E-state index contributed by atoms with van der Waals surface area (Å²) in [5.74, 6) is 0.221. The van der Waals surface area contributed by atoms with Gasteiger partial charge in [0.15, 0.2) is 0 Å². The van der Waals surface area contributed by atoms with Gasteiger partial charge in [0.1, 0.15) is 12.1 Å². The van der Waals surface area contributed by atoms with Crippen molar-refractivity contribution in [2.45, 2.75) is 59.6 Å². The third kappa shape index (κ3) is 4.07. The van der Waals surface area contributed by atoms with E-state index in [-0.39, 0.29) is 18.0 Å². The molecule has 3 nitrogen and oxygen atoms in total. The van der Waals surface area contributed by atoms with Crippen molar-refractivity contribution in [3.8, 4) is 0 Å². The maximum Gasteiger partial charge on any atom is 0.322 e. The van der Waals surface area contributed by atoms with Gasteiger partial charge in [-0.2, -0.15) is 0 Å². The second-order valence-electron chi connectivity index (χ2n) is 6.06. The number of nitrogens with two attached hydrogens (primary N) is 1. The molecule has 1 aromatic rings. The van der Waals surface area contributed by atoms with Crippen molar-refractivity contribution in [1.82, 2.24) is 0 Å². The summed E-state index contributed by atoms with van der Waals surface area (Å²) >= 11 is 0. The van der Waals surface area contributed by atoms with Gasteiger partial charge >= 0.3 is 5.97 Å². The van der Waals surface area contributed by atoms with Crippen LogP contribution in [0.3, 0.4) is 0 Å². The van der Waals surface area contributed by atoms with Crippen molar-refractivity contribution < 1.29 is 9.53 Å². The van der Waals surface area contributed by atoms with Crippen molar-refractivity contribution in [1.29, 1.82) is 0 Å². The molecule has 1 aromatic carbocycles. The molecule has 1 rings (SSSR count). The first-order valence-electron chi connectivity index (χ1n) is 7.27. The normalized spacial score (nSPS) is 15.8. The van der Waals surface area contributed by atoms with Crippen LogP contribution in [0.4, 0.5) is 0 Å². The quantitative estimate of drug-likeness (QED) is 0.840. The van der Waals surface area contributed by atoms with Crippen LogP contribution in [0.5, 0.6) is 0 Å². The standard InChI is InChI=1S/C17H27NO2/c1-10(2)16(14(6)20-17(19)13(5)18)15-8-7-11(3)9-12(15)4/h7-10,13-14,16H,18H2,1-6H3/t13-,14-,16-/m0/s1. The van der Waals surface area contributed by atoms with Gasteiger partial charge in [-0.3, -0.25) is 4.79 Å². The van der Waals surface area contributed by atoms with Gasteiger partial charge < -0.3 is 10.5 Å². The van der Waals surface area contributed by atoms with Crippen molar-refractivity contribution in [2.75, 3.05) is 0 Å². The monoisotopic (exact) mass is 277 g/mol. The number of benzene rings is 1. The minimum absolute atomic E-state index is 0.179. The molecule has 0 fully saturated rings. The number of carbonyl (C=O) groups is 1. The fraction of sp³-hybridized carbons (Fsp3) is 0.588. The Bertz CT molecular complexity index is 466. The van der Waals surface area contributed by atoms with Crippen LogP contribution < -0.4 is 5.73 Å². The lowest BCUT2D eigenvalue weighted by Crippen LogP contribution is -2.34. The highest BCUT2D eigenvalue weighted by Gasteiger charge is 2.27. The van der Waals surface area contributed by atoms with Crippen LogP contribution in [-0.4, -0.2) is 18.1 Å². The lowest BCUT2D eigenvalue weighted by molar-refractivity contribution is -0.151. The summed E-state index contributed by atoms with van der Waals surface area (Å²) in [4.78, 5) is 11.7. The Morgan fingerprint density at radius 3 is 2.20 bits per heavy atom. The predicted octanol–water partition coefficient (Wildman–Crippen LogP) is 3.32. The van der Waals surface area contributed by atoms with E-state index in [9.17, 15) is 4.79 Å². The van der Waals surface area contributed by atoms with E-state index in [1.54, 1.807) is 6.92 Å². The Balaban J connectivity index is 3.02. The molecule has 2 N–H and O–H groups in total. The average Bonchev–Trinajstić information content (AvgIpc) is 2.31. The molecule has 0 aromatic heterocycles. The maximum absolute atomic E-state index is 11.7. The third-order valence-electron chi connectivity index (χ3n) is 3.68. The van der Waals surface area contributed by atoms with Crippen LogP contribution in [-0.2, 0) is 9.53 Å². The molecule has 0 radical (unpaired) electrons. The zero-order chi connectivity index (χ0) is 15.4. The van der Waals surface area contributed by atoms with Gasteiger partial charge in [-0.25, -0.2) is 0 Å². The average molecular weight is 277 g/mol. The molecule has 112 valence electrons. The minimum Gasteiger partial charge on any atom is -0.461 e. The molecule has 0 spiro atoms. The molecule has 3 heteroatoms. The number of hydrogen-bond donors (Lipinski definition) is 1. The van der Waals surface area contributed by atoms with E-state index in [4.69, 9.17) is 10.5 Å². The summed E-state index contributed by atoms with van der Waals surface area (Å²) in [6, 6.07) is 5.85. The van der Waals surface area contributed by atoms with E-state index in [1.165, 1.54) is 16.7 Å². The van der Waals surface area contributed by atoms with Crippen LogP contribution in [0.2, 0.25) is 0 Å². The largest absolute Gasteiger partial charge is 0.461 e. The Hall–Kier alpha value is -1.35. The summed E-state index contributed by atoms with van der Waals surface area (Å²) in [6.07, 6.45) is -0.185. The third-order valence-corrected chi connectivity index (χ3v) is 3.68. The highest BCUT2D eigenvalue weighted by molar-refractivity contribution is 5.75. The predicted molar refractivity (Wildman–Crippen MR) is 82.7 cm³/mol. The Kier molecular flexibility index (Phi) is 5.75. The summed E-state index contributed by atoms with van der Waals surface area (Å²) < 4.78 is 5.51. The SMILES string of the molecule is Cc1ccc([C@@H](C(C)C)[C@H](C)OC(=O)[C@H](C)N)c(C)c1. The summed E-state index contributed by atoms with van der Waals surface area (Å²) in [5, 5.41) is 0. The van der Waals surface area contributed by atoms with Gasteiger partial charge in [-0.15, -0.1) is 0 Å². The molecule has 0 saturated heterocycles. The van der Waals surface area contributed by atoms with Gasteiger partial charge in [-0.05, 0) is 44.7 Å². The maximum atomic E-state index is 11.7. The molecule has 0 heterocycles. The van der Waals surface area contributed by atoms with Crippen LogP contribution in [0.15, 0.2) is 18.2 Å². The fourth-order valence-corrected chi connectivity index (χ4v) is 2.72. The topological polar surface area (TPSA) is 52.3 Å². The second kappa shape index (κ2) is 6.89. The van der Waals surface area contributed by atoms with E-state index in [1.807, 2.05) is 6.92 Å². The summed E-state index contributed by atoms with van der Waals surface area (Å²) in [7, 11) is 0. The number of carbonyl (C=O) groups excluding carboxylic acids is 1. The van der Waals surface area contributed by atoms with E-state index >= 15 is 0 Å². The number of hydrogen-bond acceptors (Lipinski definition) is 3. The van der Waals surface area contributed by atoms with Crippen molar-refractivity contribution >= 4 is 5.97 Å². The molecule has 0 aliphatic carbocycles. The van der Waals surface area contributed by atoms with Crippen LogP contribution in [0.25, 0.3) is 0 Å². The molecule has 0 amide bonds.